The van der Waals surface area contributed by atoms with Crippen LogP contribution in [-0.2, 0) is 6.42 Å². The monoisotopic (exact) mass is 219 g/mol. The van der Waals surface area contributed by atoms with Crippen LogP contribution in [0.15, 0.2) is 36.4 Å². The number of nitrogens with zero attached hydrogens (tertiary/aromatic N) is 1. The highest BCUT2D eigenvalue weighted by Gasteiger charge is 2.07. The minimum Gasteiger partial charge on any atom is -0.190 e. The molecule has 1 aromatic heterocycles. The van der Waals surface area contributed by atoms with E-state index in [1.807, 2.05) is 24.3 Å². The molecule has 2 aromatic rings. The molecule has 0 spiro atoms. The van der Waals surface area contributed by atoms with E-state index in [9.17, 15) is 8.78 Å². The molecule has 3 heteroatoms. The molecule has 0 atom stereocenters. The standard InChI is InChI=1S/C13H11F2N/c1-2-9-3-5-10(6-4-9)11-7-8-12(14)16-13(11)15/h3-8H,2H2,1H3. The van der Waals surface area contributed by atoms with E-state index in [1.165, 1.54) is 11.6 Å². The molecule has 0 saturated carbocycles. The van der Waals surface area contributed by atoms with Gasteiger partial charge in [-0.3, -0.25) is 0 Å². The average Bonchev–Trinajstić information content (AvgIpc) is 2.29. The van der Waals surface area contributed by atoms with Crippen molar-refractivity contribution in [1.29, 1.82) is 0 Å². The molecule has 0 bridgehead atoms. The van der Waals surface area contributed by atoms with Gasteiger partial charge in [-0.15, -0.1) is 0 Å². The summed E-state index contributed by atoms with van der Waals surface area (Å²) in [6.45, 7) is 2.05. The number of hydrogen-bond acceptors (Lipinski definition) is 1. The van der Waals surface area contributed by atoms with Crippen molar-refractivity contribution < 1.29 is 8.78 Å². The lowest BCUT2D eigenvalue weighted by atomic mass is 10.0. The van der Waals surface area contributed by atoms with Crippen molar-refractivity contribution in [3.05, 3.63) is 53.9 Å². The Hall–Kier alpha value is -1.77. The molecular formula is C13H11F2N. The van der Waals surface area contributed by atoms with Crippen LogP contribution in [0, 0.1) is 11.9 Å². The van der Waals surface area contributed by atoms with Crippen LogP contribution in [0.2, 0.25) is 0 Å². The maximum absolute atomic E-state index is 13.4. The summed E-state index contributed by atoms with van der Waals surface area (Å²) in [4.78, 5) is 3.16. The molecule has 1 nitrogen and oxygen atoms in total. The predicted molar refractivity (Wildman–Crippen MR) is 59.0 cm³/mol. The first-order chi connectivity index (χ1) is 7.70. The Bertz CT molecular complexity index is 492. The third kappa shape index (κ3) is 2.08. The number of aromatic nitrogens is 1. The SMILES string of the molecule is CCc1ccc(-c2ccc(F)nc2F)cc1. The summed E-state index contributed by atoms with van der Waals surface area (Å²) in [6.07, 6.45) is 0.935. The first kappa shape index (κ1) is 10.7. The third-order valence-corrected chi connectivity index (χ3v) is 2.49. The molecule has 0 radical (unpaired) electrons. The molecule has 0 aliphatic heterocycles. The second-order valence-electron chi connectivity index (χ2n) is 3.52. The fourth-order valence-corrected chi connectivity index (χ4v) is 1.55. The number of hydrogen-bond donors (Lipinski definition) is 0. The van der Waals surface area contributed by atoms with Gasteiger partial charge >= 0.3 is 0 Å². The molecule has 2 rings (SSSR count). The minimum absolute atomic E-state index is 0.323. The van der Waals surface area contributed by atoms with E-state index in [4.69, 9.17) is 0 Å². The van der Waals surface area contributed by atoms with E-state index in [0.717, 1.165) is 12.5 Å². The van der Waals surface area contributed by atoms with Crippen molar-refractivity contribution in [2.75, 3.05) is 0 Å². The smallest absolute Gasteiger partial charge is 0.190 e. The zero-order valence-electron chi connectivity index (χ0n) is 8.87. The topological polar surface area (TPSA) is 12.9 Å². The van der Waals surface area contributed by atoms with Crippen molar-refractivity contribution in [2.45, 2.75) is 13.3 Å². The van der Waals surface area contributed by atoms with Crippen LogP contribution in [-0.4, -0.2) is 4.98 Å². The molecule has 0 aliphatic rings. The van der Waals surface area contributed by atoms with E-state index < -0.39 is 11.9 Å². The van der Waals surface area contributed by atoms with E-state index in [2.05, 4.69) is 11.9 Å². The lowest BCUT2D eigenvalue weighted by Crippen LogP contribution is -1.92. The maximum atomic E-state index is 13.4. The van der Waals surface area contributed by atoms with Gasteiger partial charge in [-0.1, -0.05) is 31.2 Å². The van der Waals surface area contributed by atoms with E-state index >= 15 is 0 Å². The van der Waals surface area contributed by atoms with E-state index in [1.54, 1.807) is 0 Å². The zero-order valence-corrected chi connectivity index (χ0v) is 8.87. The average molecular weight is 219 g/mol. The van der Waals surface area contributed by atoms with Gasteiger partial charge in [0, 0.05) is 5.56 Å². The molecule has 0 N–H and O–H groups in total. The summed E-state index contributed by atoms with van der Waals surface area (Å²) >= 11 is 0. The predicted octanol–water partition coefficient (Wildman–Crippen LogP) is 3.59. The van der Waals surface area contributed by atoms with Crippen LogP contribution in [0.4, 0.5) is 8.78 Å². The van der Waals surface area contributed by atoms with E-state index in [-0.39, 0.29) is 0 Å². The Kier molecular flexibility index (Phi) is 2.95. The van der Waals surface area contributed by atoms with Gasteiger partial charge in [0.05, 0.1) is 0 Å². The number of benzene rings is 1. The highest BCUT2D eigenvalue weighted by atomic mass is 19.1. The Morgan fingerprint density at radius 2 is 1.69 bits per heavy atom. The largest absolute Gasteiger partial charge is 0.223 e. The van der Waals surface area contributed by atoms with Crippen molar-refractivity contribution in [3.8, 4) is 11.1 Å². The maximum Gasteiger partial charge on any atom is 0.223 e. The minimum atomic E-state index is -0.800. The molecular weight excluding hydrogens is 208 g/mol. The molecule has 16 heavy (non-hydrogen) atoms. The molecule has 0 aliphatic carbocycles. The molecule has 1 heterocycles. The van der Waals surface area contributed by atoms with Gasteiger partial charge in [-0.2, -0.15) is 13.8 Å². The second-order valence-corrected chi connectivity index (χ2v) is 3.52. The molecule has 0 fully saturated rings. The lowest BCUT2D eigenvalue weighted by Gasteiger charge is -2.03. The lowest BCUT2D eigenvalue weighted by molar-refractivity contribution is 0.515. The van der Waals surface area contributed by atoms with Crippen LogP contribution in [0.3, 0.4) is 0 Å². The number of halogens is 2. The highest BCUT2D eigenvalue weighted by Crippen LogP contribution is 2.22. The number of pyridine rings is 1. The Morgan fingerprint density at radius 1 is 1.00 bits per heavy atom. The number of aryl methyl sites for hydroxylation is 1. The molecule has 82 valence electrons. The van der Waals surface area contributed by atoms with Crippen LogP contribution < -0.4 is 0 Å². The first-order valence-electron chi connectivity index (χ1n) is 5.12. The molecule has 0 unspecified atom stereocenters. The molecule has 1 aromatic carbocycles. The van der Waals surface area contributed by atoms with Gasteiger partial charge in [0.25, 0.3) is 0 Å². The Labute approximate surface area is 92.8 Å². The highest BCUT2D eigenvalue weighted by molar-refractivity contribution is 5.63. The van der Waals surface area contributed by atoms with Gasteiger partial charge < -0.3 is 0 Å². The summed E-state index contributed by atoms with van der Waals surface area (Å²) in [7, 11) is 0. The normalized spacial score (nSPS) is 10.4. The van der Waals surface area contributed by atoms with Crippen LogP contribution in [0.25, 0.3) is 11.1 Å². The van der Waals surface area contributed by atoms with Crippen LogP contribution >= 0.6 is 0 Å². The molecule has 0 saturated heterocycles. The third-order valence-electron chi connectivity index (χ3n) is 2.49. The molecule has 0 amide bonds. The van der Waals surface area contributed by atoms with Gasteiger partial charge in [0.2, 0.25) is 11.9 Å². The summed E-state index contributed by atoms with van der Waals surface area (Å²) < 4.78 is 26.0. The van der Waals surface area contributed by atoms with Gasteiger partial charge in [0.1, 0.15) is 0 Å². The quantitative estimate of drug-likeness (QED) is 0.703. The van der Waals surface area contributed by atoms with Gasteiger partial charge in [-0.05, 0) is 29.7 Å². The van der Waals surface area contributed by atoms with Gasteiger partial charge in [-0.25, -0.2) is 0 Å². The Balaban J connectivity index is 2.42. The zero-order chi connectivity index (χ0) is 11.5. The van der Waals surface area contributed by atoms with Crippen molar-refractivity contribution in [1.82, 2.24) is 4.98 Å². The summed E-state index contributed by atoms with van der Waals surface area (Å²) in [5.41, 5.74) is 2.21. The van der Waals surface area contributed by atoms with Crippen molar-refractivity contribution in [3.63, 3.8) is 0 Å². The van der Waals surface area contributed by atoms with E-state index in [0.29, 0.717) is 11.1 Å². The van der Waals surface area contributed by atoms with Crippen molar-refractivity contribution >= 4 is 0 Å². The summed E-state index contributed by atoms with van der Waals surface area (Å²) in [5, 5.41) is 0. The Morgan fingerprint density at radius 3 is 2.25 bits per heavy atom. The second kappa shape index (κ2) is 4.39. The fourth-order valence-electron chi connectivity index (χ4n) is 1.55. The van der Waals surface area contributed by atoms with Crippen LogP contribution in [0.5, 0.6) is 0 Å². The van der Waals surface area contributed by atoms with Crippen molar-refractivity contribution in [2.24, 2.45) is 0 Å². The van der Waals surface area contributed by atoms with Gasteiger partial charge in [0.15, 0.2) is 0 Å². The fraction of sp³-hybridized carbons (Fsp3) is 0.154. The summed E-state index contributed by atoms with van der Waals surface area (Å²) in [6, 6.07) is 10.1. The first-order valence-corrected chi connectivity index (χ1v) is 5.12. The number of rotatable bonds is 2. The summed E-state index contributed by atoms with van der Waals surface area (Å²) in [5.74, 6) is -1.57. The van der Waals surface area contributed by atoms with Crippen LogP contribution in [0.1, 0.15) is 12.5 Å².